The van der Waals surface area contributed by atoms with Crippen LogP contribution in [0.25, 0.3) is 0 Å². The van der Waals surface area contributed by atoms with E-state index in [9.17, 15) is 0 Å². The fraction of sp³-hybridized carbons (Fsp3) is 0.385. The molecule has 2 aromatic rings. The standard InChI is InChI=1S/C13H17N3O/c1-10(8-12-6-4-3-5-7-12)14-9-13-16-15-11(2)17-13/h3-7,10,14H,8-9H2,1-2H3. The molecule has 0 aliphatic carbocycles. The van der Waals surface area contributed by atoms with E-state index in [-0.39, 0.29) is 0 Å². The number of aryl methyl sites for hydroxylation is 1. The van der Waals surface area contributed by atoms with Crippen LogP contribution in [0, 0.1) is 6.92 Å². The zero-order chi connectivity index (χ0) is 12.1. The molecule has 2 rings (SSSR count). The Morgan fingerprint density at radius 1 is 1.24 bits per heavy atom. The minimum atomic E-state index is 0.379. The fourth-order valence-corrected chi connectivity index (χ4v) is 1.71. The first kappa shape index (κ1) is 11.8. The Balaban J connectivity index is 1.80. The van der Waals surface area contributed by atoms with Gasteiger partial charge in [-0.05, 0) is 18.9 Å². The van der Waals surface area contributed by atoms with Crippen molar-refractivity contribution in [2.75, 3.05) is 0 Å². The molecule has 0 bridgehead atoms. The van der Waals surface area contributed by atoms with Crippen LogP contribution in [0.1, 0.15) is 24.3 Å². The SMILES string of the molecule is Cc1nnc(CNC(C)Cc2ccccc2)o1. The summed E-state index contributed by atoms with van der Waals surface area (Å²) < 4.78 is 5.30. The van der Waals surface area contributed by atoms with Gasteiger partial charge in [0.25, 0.3) is 0 Å². The van der Waals surface area contributed by atoms with Gasteiger partial charge in [0.1, 0.15) is 0 Å². The van der Waals surface area contributed by atoms with Crippen molar-refractivity contribution in [3.8, 4) is 0 Å². The maximum atomic E-state index is 5.30. The lowest BCUT2D eigenvalue weighted by Gasteiger charge is -2.12. The summed E-state index contributed by atoms with van der Waals surface area (Å²) in [7, 11) is 0. The van der Waals surface area contributed by atoms with Crippen molar-refractivity contribution in [1.29, 1.82) is 0 Å². The predicted octanol–water partition coefficient (Wildman–Crippen LogP) is 2.10. The van der Waals surface area contributed by atoms with E-state index in [2.05, 4.69) is 46.7 Å². The Morgan fingerprint density at radius 2 is 2.00 bits per heavy atom. The highest BCUT2D eigenvalue weighted by Crippen LogP contribution is 2.04. The van der Waals surface area contributed by atoms with E-state index < -0.39 is 0 Å². The topological polar surface area (TPSA) is 51.0 Å². The lowest BCUT2D eigenvalue weighted by molar-refractivity contribution is 0.426. The Morgan fingerprint density at radius 3 is 2.65 bits per heavy atom. The van der Waals surface area contributed by atoms with Gasteiger partial charge in [-0.2, -0.15) is 0 Å². The van der Waals surface area contributed by atoms with E-state index >= 15 is 0 Å². The van der Waals surface area contributed by atoms with E-state index in [4.69, 9.17) is 4.42 Å². The lowest BCUT2D eigenvalue weighted by Crippen LogP contribution is -2.27. The third-order valence-electron chi connectivity index (χ3n) is 2.55. The van der Waals surface area contributed by atoms with Crippen LogP contribution in [-0.4, -0.2) is 16.2 Å². The number of nitrogens with one attached hydrogen (secondary N) is 1. The second-order valence-electron chi connectivity index (χ2n) is 4.19. The van der Waals surface area contributed by atoms with Crippen molar-refractivity contribution < 1.29 is 4.42 Å². The van der Waals surface area contributed by atoms with Crippen LogP contribution in [0.5, 0.6) is 0 Å². The molecule has 0 spiro atoms. The van der Waals surface area contributed by atoms with E-state index in [1.54, 1.807) is 6.92 Å². The van der Waals surface area contributed by atoms with Gasteiger partial charge in [0.2, 0.25) is 11.8 Å². The minimum absolute atomic E-state index is 0.379. The Labute approximate surface area is 101 Å². The van der Waals surface area contributed by atoms with Gasteiger partial charge < -0.3 is 9.73 Å². The highest BCUT2D eigenvalue weighted by atomic mass is 16.4. The van der Waals surface area contributed by atoms with E-state index in [0.29, 0.717) is 24.4 Å². The predicted molar refractivity (Wildman–Crippen MR) is 65.5 cm³/mol. The first-order chi connectivity index (χ1) is 8.24. The largest absolute Gasteiger partial charge is 0.424 e. The number of rotatable bonds is 5. The molecule has 0 saturated carbocycles. The van der Waals surface area contributed by atoms with Gasteiger partial charge >= 0.3 is 0 Å². The molecule has 1 heterocycles. The summed E-state index contributed by atoms with van der Waals surface area (Å²) in [6.45, 7) is 4.56. The van der Waals surface area contributed by atoms with Crippen LogP contribution in [0.15, 0.2) is 34.7 Å². The monoisotopic (exact) mass is 231 g/mol. The smallest absolute Gasteiger partial charge is 0.230 e. The average molecular weight is 231 g/mol. The summed E-state index contributed by atoms with van der Waals surface area (Å²) in [6.07, 6.45) is 0.994. The molecule has 1 N–H and O–H groups in total. The fourth-order valence-electron chi connectivity index (χ4n) is 1.71. The van der Waals surface area contributed by atoms with Crippen molar-refractivity contribution in [1.82, 2.24) is 15.5 Å². The van der Waals surface area contributed by atoms with Crippen LogP contribution in [-0.2, 0) is 13.0 Å². The Bertz CT molecular complexity index is 453. The number of benzene rings is 1. The Hall–Kier alpha value is -1.68. The van der Waals surface area contributed by atoms with Crippen molar-refractivity contribution >= 4 is 0 Å². The third-order valence-corrected chi connectivity index (χ3v) is 2.55. The van der Waals surface area contributed by atoms with Gasteiger partial charge in [-0.3, -0.25) is 0 Å². The zero-order valence-corrected chi connectivity index (χ0v) is 10.2. The number of nitrogens with zero attached hydrogens (tertiary/aromatic N) is 2. The van der Waals surface area contributed by atoms with Gasteiger partial charge in [0, 0.05) is 13.0 Å². The molecule has 1 unspecified atom stereocenters. The normalized spacial score (nSPS) is 12.6. The molecule has 0 aliphatic heterocycles. The molecule has 0 aliphatic rings. The third kappa shape index (κ3) is 3.67. The molecule has 4 heteroatoms. The van der Waals surface area contributed by atoms with Gasteiger partial charge in [-0.1, -0.05) is 30.3 Å². The molecule has 0 fully saturated rings. The number of hydrogen-bond acceptors (Lipinski definition) is 4. The van der Waals surface area contributed by atoms with E-state index in [1.807, 2.05) is 6.07 Å². The lowest BCUT2D eigenvalue weighted by atomic mass is 10.1. The molecule has 17 heavy (non-hydrogen) atoms. The molecule has 1 aromatic carbocycles. The van der Waals surface area contributed by atoms with E-state index in [0.717, 1.165) is 6.42 Å². The van der Waals surface area contributed by atoms with Crippen LogP contribution in [0.3, 0.4) is 0 Å². The molecular formula is C13H17N3O. The maximum Gasteiger partial charge on any atom is 0.230 e. The number of hydrogen-bond donors (Lipinski definition) is 1. The average Bonchev–Trinajstić information content (AvgIpc) is 2.74. The molecule has 0 saturated heterocycles. The molecule has 0 amide bonds. The van der Waals surface area contributed by atoms with Gasteiger partial charge in [0.05, 0.1) is 6.54 Å². The summed E-state index contributed by atoms with van der Waals surface area (Å²) in [6, 6.07) is 10.8. The van der Waals surface area contributed by atoms with Crippen molar-refractivity contribution in [2.45, 2.75) is 32.9 Å². The second kappa shape index (κ2) is 5.59. The summed E-state index contributed by atoms with van der Waals surface area (Å²) in [5.41, 5.74) is 1.33. The first-order valence-corrected chi connectivity index (χ1v) is 5.80. The van der Waals surface area contributed by atoms with E-state index in [1.165, 1.54) is 5.56 Å². The van der Waals surface area contributed by atoms with Crippen LogP contribution >= 0.6 is 0 Å². The summed E-state index contributed by atoms with van der Waals surface area (Å²) >= 11 is 0. The molecule has 1 aromatic heterocycles. The van der Waals surface area contributed by atoms with Gasteiger partial charge in [0.15, 0.2) is 0 Å². The highest BCUT2D eigenvalue weighted by molar-refractivity contribution is 5.15. The molecule has 4 nitrogen and oxygen atoms in total. The molecule has 0 radical (unpaired) electrons. The van der Waals surface area contributed by atoms with Crippen LogP contribution in [0.4, 0.5) is 0 Å². The van der Waals surface area contributed by atoms with Gasteiger partial charge in [-0.25, -0.2) is 0 Å². The summed E-state index contributed by atoms with van der Waals surface area (Å²) in [5.74, 6) is 1.25. The summed E-state index contributed by atoms with van der Waals surface area (Å²) in [5, 5.41) is 11.1. The van der Waals surface area contributed by atoms with Crippen LogP contribution < -0.4 is 5.32 Å². The van der Waals surface area contributed by atoms with Crippen molar-refractivity contribution in [3.05, 3.63) is 47.7 Å². The number of aromatic nitrogens is 2. The molecular weight excluding hydrogens is 214 g/mol. The molecule has 90 valence electrons. The van der Waals surface area contributed by atoms with Gasteiger partial charge in [-0.15, -0.1) is 10.2 Å². The zero-order valence-electron chi connectivity index (χ0n) is 10.2. The second-order valence-corrected chi connectivity index (χ2v) is 4.19. The minimum Gasteiger partial charge on any atom is -0.424 e. The Kier molecular flexibility index (Phi) is 3.88. The first-order valence-electron chi connectivity index (χ1n) is 5.80. The van der Waals surface area contributed by atoms with Crippen molar-refractivity contribution in [2.24, 2.45) is 0 Å². The highest BCUT2D eigenvalue weighted by Gasteiger charge is 2.06. The molecule has 1 atom stereocenters. The van der Waals surface area contributed by atoms with Crippen molar-refractivity contribution in [3.63, 3.8) is 0 Å². The van der Waals surface area contributed by atoms with Crippen LogP contribution in [0.2, 0.25) is 0 Å². The maximum absolute atomic E-state index is 5.30. The quantitative estimate of drug-likeness (QED) is 0.856. The summed E-state index contributed by atoms with van der Waals surface area (Å²) in [4.78, 5) is 0.